The maximum atomic E-state index is 6.16. The Balaban J connectivity index is 2.23. The van der Waals surface area contributed by atoms with Crippen LogP contribution in [0.2, 0.25) is 10.0 Å². The van der Waals surface area contributed by atoms with Crippen molar-refractivity contribution < 1.29 is 0 Å². The molecule has 1 saturated carbocycles. The van der Waals surface area contributed by atoms with Gasteiger partial charge in [0.15, 0.2) is 0 Å². The van der Waals surface area contributed by atoms with Crippen LogP contribution in [0.15, 0.2) is 23.2 Å². The first-order chi connectivity index (χ1) is 8.70. The molecule has 3 N–H and O–H groups in total. The molecule has 1 aromatic carbocycles. The third-order valence-corrected chi connectivity index (χ3v) is 3.76. The topological polar surface area (TPSA) is 50.4 Å². The number of nitrogens with two attached hydrogens (primary N) is 1. The molecule has 0 aliphatic heterocycles. The van der Waals surface area contributed by atoms with Gasteiger partial charge < -0.3 is 5.43 Å². The lowest BCUT2D eigenvalue weighted by Gasteiger charge is -2.19. The Morgan fingerprint density at radius 1 is 1.22 bits per heavy atom. The van der Waals surface area contributed by atoms with Gasteiger partial charge in [0.1, 0.15) is 5.84 Å². The largest absolute Gasteiger partial charge is 0.308 e. The molecule has 18 heavy (non-hydrogen) atoms. The van der Waals surface area contributed by atoms with E-state index in [9.17, 15) is 0 Å². The molecule has 0 bridgehead atoms. The zero-order chi connectivity index (χ0) is 13.0. The minimum absolute atomic E-state index is 0.344. The molecule has 0 spiro atoms. The van der Waals surface area contributed by atoms with Gasteiger partial charge in [0, 0.05) is 10.6 Å². The number of rotatable bonds is 2. The number of nitrogens with zero attached hydrogens (tertiary/aromatic N) is 1. The molecule has 0 aromatic heterocycles. The number of halogens is 2. The summed E-state index contributed by atoms with van der Waals surface area (Å²) in [4.78, 5) is 4.67. The maximum absolute atomic E-state index is 6.16. The summed E-state index contributed by atoms with van der Waals surface area (Å²) < 4.78 is 0. The van der Waals surface area contributed by atoms with Crippen molar-refractivity contribution in [3.8, 4) is 0 Å². The van der Waals surface area contributed by atoms with E-state index in [-0.39, 0.29) is 0 Å². The molecular weight excluding hydrogens is 269 g/mol. The fourth-order valence-electron chi connectivity index (χ4n) is 2.26. The fraction of sp³-hybridized carbons (Fsp3) is 0.462. The molecule has 5 heteroatoms. The van der Waals surface area contributed by atoms with Crippen molar-refractivity contribution in [2.45, 2.75) is 38.1 Å². The first-order valence-electron chi connectivity index (χ1n) is 6.20. The van der Waals surface area contributed by atoms with E-state index in [1.165, 1.54) is 19.3 Å². The van der Waals surface area contributed by atoms with Gasteiger partial charge in [-0.3, -0.25) is 4.99 Å². The SMILES string of the molecule is NNC(=NC1CCCCC1)c1ccc(Cl)cc1Cl. The molecule has 1 aromatic rings. The second kappa shape index (κ2) is 6.41. The third kappa shape index (κ3) is 3.37. The van der Waals surface area contributed by atoms with Gasteiger partial charge in [-0.1, -0.05) is 42.5 Å². The van der Waals surface area contributed by atoms with E-state index in [0.717, 1.165) is 18.4 Å². The van der Waals surface area contributed by atoms with Crippen molar-refractivity contribution in [2.75, 3.05) is 0 Å². The number of aliphatic imine (C=N–C) groups is 1. The summed E-state index contributed by atoms with van der Waals surface area (Å²) in [6.45, 7) is 0. The molecule has 0 saturated heterocycles. The summed E-state index contributed by atoms with van der Waals surface area (Å²) >= 11 is 12.0. The van der Waals surface area contributed by atoms with Crippen LogP contribution in [0.1, 0.15) is 37.7 Å². The molecule has 0 amide bonds. The minimum Gasteiger partial charge on any atom is -0.308 e. The van der Waals surface area contributed by atoms with Crippen molar-refractivity contribution in [3.05, 3.63) is 33.8 Å². The van der Waals surface area contributed by atoms with Crippen molar-refractivity contribution in [2.24, 2.45) is 10.8 Å². The summed E-state index contributed by atoms with van der Waals surface area (Å²) in [5, 5.41) is 1.17. The quantitative estimate of drug-likeness (QED) is 0.378. The van der Waals surface area contributed by atoms with Crippen LogP contribution < -0.4 is 11.3 Å². The van der Waals surface area contributed by atoms with Crippen LogP contribution in [0, 0.1) is 0 Å². The van der Waals surface area contributed by atoms with E-state index in [0.29, 0.717) is 21.9 Å². The van der Waals surface area contributed by atoms with Gasteiger partial charge in [0.05, 0.1) is 11.1 Å². The number of hydrogen-bond donors (Lipinski definition) is 2. The van der Waals surface area contributed by atoms with Gasteiger partial charge in [-0.05, 0) is 31.0 Å². The highest BCUT2D eigenvalue weighted by atomic mass is 35.5. The number of hydrogen-bond acceptors (Lipinski definition) is 2. The Kier molecular flexibility index (Phi) is 4.87. The third-order valence-electron chi connectivity index (χ3n) is 3.21. The molecule has 1 aliphatic carbocycles. The van der Waals surface area contributed by atoms with Gasteiger partial charge in [-0.25, -0.2) is 5.84 Å². The molecule has 2 rings (SSSR count). The Bertz CT molecular complexity index is 440. The van der Waals surface area contributed by atoms with E-state index >= 15 is 0 Å². The second-order valence-corrected chi connectivity index (χ2v) is 5.38. The maximum Gasteiger partial charge on any atom is 0.144 e. The summed E-state index contributed by atoms with van der Waals surface area (Å²) in [6.07, 6.45) is 6.02. The number of nitrogens with one attached hydrogen (secondary N) is 1. The molecule has 0 heterocycles. The Morgan fingerprint density at radius 3 is 2.56 bits per heavy atom. The van der Waals surface area contributed by atoms with Crippen LogP contribution in [-0.2, 0) is 0 Å². The zero-order valence-corrected chi connectivity index (χ0v) is 11.6. The van der Waals surface area contributed by atoms with Gasteiger partial charge in [0.25, 0.3) is 0 Å². The Labute approximate surface area is 117 Å². The molecule has 3 nitrogen and oxygen atoms in total. The van der Waals surface area contributed by atoms with Crippen LogP contribution in [0.4, 0.5) is 0 Å². The van der Waals surface area contributed by atoms with Crippen LogP contribution in [0.3, 0.4) is 0 Å². The number of amidine groups is 1. The minimum atomic E-state index is 0.344. The smallest absolute Gasteiger partial charge is 0.144 e. The van der Waals surface area contributed by atoms with Crippen LogP contribution in [-0.4, -0.2) is 11.9 Å². The Morgan fingerprint density at radius 2 is 1.94 bits per heavy atom. The second-order valence-electron chi connectivity index (χ2n) is 4.54. The van der Waals surface area contributed by atoms with E-state index in [1.54, 1.807) is 12.1 Å². The predicted molar refractivity (Wildman–Crippen MR) is 77.2 cm³/mol. The first kappa shape index (κ1) is 13.7. The highest BCUT2D eigenvalue weighted by Crippen LogP contribution is 2.24. The van der Waals surface area contributed by atoms with Crippen LogP contribution >= 0.6 is 23.2 Å². The van der Waals surface area contributed by atoms with E-state index in [2.05, 4.69) is 10.4 Å². The monoisotopic (exact) mass is 285 g/mol. The van der Waals surface area contributed by atoms with Crippen LogP contribution in [0.5, 0.6) is 0 Å². The summed E-state index contributed by atoms with van der Waals surface area (Å²) in [6, 6.07) is 5.67. The lowest BCUT2D eigenvalue weighted by Crippen LogP contribution is -2.33. The van der Waals surface area contributed by atoms with Crippen molar-refractivity contribution >= 4 is 29.0 Å². The average molecular weight is 286 g/mol. The molecule has 0 unspecified atom stereocenters. The number of hydrazine groups is 1. The van der Waals surface area contributed by atoms with Crippen LogP contribution in [0.25, 0.3) is 0 Å². The van der Waals surface area contributed by atoms with Gasteiger partial charge in [-0.15, -0.1) is 0 Å². The Hall–Kier alpha value is -0.770. The van der Waals surface area contributed by atoms with Gasteiger partial charge in [-0.2, -0.15) is 0 Å². The molecule has 0 radical (unpaired) electrons. The molecular formula is C13H17Cl2N3. The fourth-order valence-corrected chi connectivity index (χ4v) is 2.76. The van der Waals surface area contributed by atoms with Gasteiger partial charge >= 0.3 is 0 Å². The van der Waals surface area contributed by atoms with Gasteiger partial charge in [0.2, 0.25) is 0 Å². The molecule has 0 atom stereocenters. The zero-order valence-electron chi connectivity index (χ0n) is 10.1. The molecule has 98 valence electrons. The van der Waals surface area contributed by atoms with E-state index < -0.39 is 0 Å². The van der Waals surface area contributed by atoms with Crippen molar-refractivity contribution in [3.63, 3.8) is 0 Å². The van der Waals surface area contributed by atoms with E-state index in [1.807, 2.05) is 6.07 Å². The summed E-state index contributed by atoms with van der Waals surface area (Å²) in [7, 11) is 0. The lowest BCUT2D eigenvalue weighted by atomic mass is 9.96. The summed E-state index contributed by atoms with van der Waals surface area (Å²) in [5.41, 5.74) is 3.45. The highest BCUT2D eigenvalue weighted by Gasteiger charge is 2.15. The lowest BCUT2D eigenvalue weighted by molar-refractivity contribution is 0.442. The highest BCUT2D eigenvalue weighted by molar-refractivity contribution is 6.36. The molecule has 1 fully saturated rings. The van der Waals surface area contributed by atoms with Crippen molar-refractivity contribution in [1.82, 2.24) is 5.43 Å². The van der Waals surface area contributed by atoms with Crippen molar-refractivity contribution in [1.29, 1.82) is 0 Å². The van der Waals surface area contributed by atoms with E-state index in [4.69, 9.17) is 29.0 Å². The first-order valence-corrected chi connectivity index (χ1v) is 6.96. The average Bonchev–Trinajstić information content (AvgIpc) is 2.38. The normalized spacial score (nSPS) is 17.8. The molecule has 1 aliphatic rings. The number of benzene rings is 1. The predicted octanol–water partition coefficient (Wildman–Crippen LogP) is 3.54. The standard InChI is InChI=1S/C13H17Cl2N3/c14-9-6-7-11(12(15)8-9)13(18-16)17-10-4-2-1-3-5-10/h6-8,10H,1-5,16H2,(H,17,18). The summed E-state index contributed by atoms with van der Waals surface area (Å²) in [5.74, 6) is 6.20.